The highest BCUT2D eigenvalue weighted by molar-refractivity contribution is 6.27. The van der Waals surface area contributed by atoms with E-state index in [0.717, 1.165) is 72.1 Å². The van der Waals surface area contributed by atoms with Crippen LogP contribution in [-0.4, -0.2) is 0 Å². The van der Waals surface area contributed by atoms with E-state index in [4.69, 9.17) is 8.83 Å². The molecule has 0 saturated heterocycles. The second kappa shape index (κ2) is 12.6. The Labute approximate surface area is 317 Å². The van der Waals surface area contributed by atoms with Crippen molar-refractivity contribution in [3.05, 3.63) is 200 Å². The van der Waals surface area contributed by atoms with Crippen molar-refractivity contribution < 1.29 is 8.83 Å². The maximum absolute atomic E-state index is 6.89. The molecule has 258 valence electrons. The van der Waals surface area contributed by atoms with Gasteiger partial charge in [0.25, 0.3) is 0 Å². The molecule has 11 aromatic rings. The average Bonchev–Trinajstić information content (AvgIpc) is 3.83. The molecule has 0 saturated carbocycles. The predicted molar refractivity (Wildman–Crippen MR) is 229 cm³/mol. The third-order valence-electron chi connectivity index (χ3n) is 10.8. The fraction of sp³-hybridized carbons (Fsp3) is 0. The first kappa shape index (κ1) is 31.2. The molecule has 0 aliphatic rings. The number of fused-ring (bicyclic) bond motifs is 8. The standard InChI is InChI=1S/C52H33NO2/c1-3-11-34(12-4-1)37-19-21-39(22-20-37)45-32-43(33-46-51-49(55-52(45)46)30-29-48-50(51)44-17-9-10-18-47(44)54-48)53(42-28-25-36-15-7-8-16-40(36)31-42)41-26-23-38(24-27-41)35-13-5-2-6-14-35/h1-33H. The Hall–Kier alpha value is -7.36. The number of hydrogen-bond donors (Lipinski definition) is 0. The molecule has 2 heterocycles. The van der Waals surface area contributed by atoms with Crippen LogP contribution in [0.3, 0.4) is 0 Å². The van der Waals surface area contributed by atoms with Crippen LogP contribution >= 0.6 is 0 Å². The summed E-state index contributed by atoms with van der Waals surface area (Å²) < 4.78 is 13.3. The minimum Gasteiger partial charge on any atom is -0.456 e. The van der Waals surface area contributed by atoms with Crippen LogP contribution in [0.2, 0.25) is 0 Å². The molecule has 9 aromatic carbocycles. The third-order valence-corrected chi connectivity index (χ3v) is 10.8. The minimum absolute atomic E-state index is 0.831. The molecule has 55 heavy (non-hydrogen) atoms. The number of para-hydroxylation sites is 1. The highest BCUT2D eigenvalue weighted by Crippen LogP contribution is 2.47. The van der Waals surface area contributed by atoms with Gasteiger partial charge in [-0.05, 0) is 93.2 Å². The summed E-state index contributed by atoms with van der Waals surface area (Å²) in [5.41, 5.74) is 13.4. The first-order valence-corrected chi connectivity index (χ1v) is 18.7. The lowest BCUT2D eigenvalue weighted by atomic mass is 9.96. The first-order valence-electron chi connectivity index (χ1n) is 18.7. The van der Waals surface area contributed by atoms with Crippen LogP contribution in [0.25, 0.3) is 88.0 Å². The maximum Gasteiger partial charge on any atom is 0.143 e. The van der Waals surface area contributed by atoms with E-state index in [1.165, 1.54) is 33.0 Å². The molecular weight excluding hydrogens is 671 g/mol. The second-order valence-electron chi connectivity index (χ2n) is 14.1. The Balaban J connectivity index is 1.19. The van der Waals surface area contributed by atoms with Gasteiger partial charge < -0.3 is 13.7 Å². The fourth-order valence-corrected chi connectivity index (χ4v) is 8.18. The zero-order chi connectivity index (χ0) is 36.3. The molecule has 11 rings (SSSR count). The summed E-state index contributed by atoms with van der Waals surface area (Å²) in [6.07, 6.45) is 0. The molecule has 0 bridgehead atoms. The van der Waals surface area contributed by atoms with Gasteiger partial charge in [0.15, 0.2) is 0 Å². The normalized spacial score (nSPS) is 11.6. The van der Waals surface area contributed by atoms with Crippen molar-refractivity contribution in [1.82, 2.24) is 0 Å². The number of nitrogens with zero attached hydrogens (tertiary/aromatic N) is 1. The summed E-state index contributed by atoms with van der Waals surface area (Å²) in [6, 6.07) is 71.0. The Kier molecular flexibility index (Phi) is 7.17. The minimum atomic E-state index is 0.831. The zero-order valence-electron chi connectivity index (χ0n) is 29.8. The van der Waals surface area contributed by atoms with Gasteiger partial charge in [0, 0.05) is 44.2 Å². The SMILES string of the molecule is c1ccc(-c2ccc(-c3cc(N(c4ccc(-c5ccccc5)cc4)c4ccc5ccccc5c4)cc4c3oc3ccc5oc6ccccc6c5c34)cc2)cc1. The third kappa shape index (κ3) is 5.28. The molecule has 2 aromatic heterocycles. The summed E-state index contributed by atoms with van der Waals surface area (Å²) in [7, 11) is 0. The smallest absolute Gasteiger partial charge is 0.143 e. The molecule has 3 nitrogen and oxygen atoms in total. The van der Waals surface area contributed by atoms with Gasteiger partial charge in [-0.15, -0.1) is 0 Å². The van der Waals surface area contributed by atoms with E-state index in [1.807, 2.05) is 24.3 Å². The molecule has 0 aliphatic carbocycles. The van der Waals surface area contributed by atoms with E-state index in [0.29, 0.717) is 0 Å². The van der Waals surface area contributed by atoms with Crippen LogP contribution in [0.5, 0.6) is 0 Å². The molecule has 3 heteroatoms. The number of benzene rings is 9. The Morgan fingerprint density at radius 1 is 0.309 bits per heavy atom. The molecule has 0 amide bonds. The van der Waals surface area contributed by atoms with Gasteiger partial charge in [0.05, 0.1) is 0 Å². The lowest BCUT2D eigenvalue weighted by molar-refractivity contribution is 0.663. The van der Waals surface area contributed by atoms with E-state index >= 15 is 0 Å². The van der Waals surface area contributed by atoms with Crippen LogP contribution in [-0.2, 0) is 0 Å². The number of rotatable bonds is 6. The van der Waals surface area contributed by atoms with E-state index in [2.05, 4.69) is 181 Å². The zero-order valence-corrected chi connectivity index (χ0v) is 29.8. The molecular formula is C52H33NO2. The average molecular weight is 704 g/mol. The summed E-state index contributed by atoms with van der Waals surface area (Å²) in [4.78, 5) is 2.37. The van der Waals surface area contributed by atoms with Gasteiger partial charge in [-0.1, -0.05) is 146 Å². The van der Waals surface area contributed by atoms with Crippen molar-refractivity contribution in [2.24, 2.45) is 0 Å². The highest BCUT2D eigenvalue weighted by Gasteiger charge is 2.23. The van der Waals surface area contributed by atoms with Crippen LogP contribution in [0.4, 0.5) is 17.1 Å². The van der Waals surface area contributed by atoms with E-state index < -0.39 is 0 Å². The van der Waals surface area contributed by atoms with Crippen LogP contribution in [0.1, 0.15) is 0 Å². The summed E-state index contributed by atoms with van der Waals surface area (Å²) in [5.74, 6) is 0. The molecule has 0 unspecified atom stereocenters. The molecule has 0 N–H and O–H groups in total. The van der Waals surface area contributed by atoms with Crippen LogP contribution in [0, 0.1) is 0 Å². The highest BCUT2D eigenvalue weighted by atomic mass is 16.3. The topological polar surface area (TPSA) is 29.5 Å². The first-order chi connectivity index (χ1) is 27.2. The Morgan fingerprint density at radius 3 is 1.58 bits per heavy atom. The van der Waals surface area contributed by atoms with Gasteiger partial charge in [0.1, 0.15) is 22.3 Å². The lowest BCUT2D eigenvalue weighted by Crippen LogP contribution is -2.10. The van der Waals surface area contributed by atoms with Crippen molar-refractivity contribution in [1.29, 1.82) is 0 Å². The summed E-state index contributed by atoms with van der Waals surface area (Å²) in [6.45, 7) is 0. The molecule has 0 spiro atoms. The lowest BCUT2D eigenvalue weighted by Gasteiger charge is -2.27. The van der Waals surface area contributed by atoms with E-state index in [-0.39, 0.29) is 0 Å². The second-order valence-corrected chi connectivity index (χ2v) is 14.1. The number of hydrogen-bond acceptors (Lipinski definition) is 3. The van der Waals surface area contributed by atoms with Crippen LogP contribution < -0.4 is 4.90 Å². The van der Waals surface area contributed by atoms with Gasteiger partial charge in [-0.25, -0.2) is 0 Å². The van der Waals surface area contributed by atoms with Gasteiger partial charge in [-0.2, -0.15) is 0 Å². The molecule has 0 radical (unpaired) electrons. The Morgan fingerprint density at radius 2 is 0.855 bits per heavy atom. The Bertz CT molecular complexity index is 3180. The van der Waals surface area contributed by atoms with Crippen molar-refractivity contribution in [2.45, 2.75) is 0 Å². The number of furan rings is 2. The summed E-state index contributed by atoms with van der Waals surface area (Å²) >= 11 is 0. The quantitative estimate of drug-likeness (QED) is 0.173. The van der Waals surface area contributed by atoms with Crippen LogP contribution in [0.15, 0.2) is 209 Å². The van der Waals surface area contributed by atoms with Gasteiger partial charge in [-0.3, -0.25) is 0 Å². The van der Waals surface area contributed by atoms with E-state index in [9.17, 15) is 0 Å². The molecule has 0 fully saturated rings. The monoisotopic (exact) mass is 703 g/mol. The number of anilines is 3. The molecule has 0 atom stereocenters. The summed E-state index contributed by atoms with van der Waals surface area (Å²) in [5, 5.41) is 6.63. The van der Waals surface area contributed by atoms with Crippen molar-refractivity contribution in [3.8, 4) is 33.4 Å². The maximum atomic E-state index is 6.89. The molecule has 0 aliphatic heterocycles. The van der Waals surface area contributed by atoms with E-state index in [1.54, 1.807) is 0 Å². The van der Waals surface area contributed by atoms with Crippen molar-refractivity contribution >= 4 is 71.7 Å². The van der Waals surface area contributed by atoms with Crippen molar-refractivity contribution in [3.63, 3.8) is 0 Å². The van der Waals surface area contributed by atoms with Crippen molar-refractivity contribution in [2.75, 3.05) is 4.90 Å². The fourth-order valence-electron chi connectivity index (χ4n) is 8.18. The largest absolute Gasteiger partial charge is 0.456 e. The van der Waals surface area contributed by atoms with Gasteiger partial charge >= 0.3 is 0 Å². The van der Waals surface area contributed by atoms with Gasteiger partial charge in [0.2, 0.25) is 0 Å². The predicted octanol–water partition coefficient (Wildman–Crippen LogP) is 15.1.